The molecule has 0 N–H and O–H groups in total. The Kier molecular flexibility index (Phi) is 6.05. The summed E-state index contributed by atoms with van der Waals surface area (Å²) in [6, 6.07) is 58.2. The smallest absolute Gasteiger partial charge is 0.160 e. The van der Waals surface area contributed by atoms with Gasteiger partial charge in [-0.2, -0.15) is 0 Å². The van der Waals surface area contributed by atoms with Crippen LogP contribution in [0, 0.1) is 0 Å². The summed E-state index contributed by atoms with van der Waals surface area (Å²) in [5.41, 5.74) is 9.89. The van der Waals surface area contributed by atoms with E-state index in [2.05, 4.69) is 168 Å². The monoisotopic (exact) mass is 629 g/mol. The zero-order valence-corrected chi connectivity index (χ0v) is 26.7. The number of rotatable bonds is 4. The highest BCUT2D eigenvalue weighted by atomic mass is 32.1. The van der Waals surface area contributed by atoms with Gasteiger partial charge in [-0.1, -0.05) is 121 Å². The Hall–Kier alpha value is -6.10. The Morgan fingerprint density at radius 2 is 1.12 bits per heavy atom. The van der Waals surface area contributed by atoms with E-state index in [9.17, 15) is 0 Å². The first kappa shape index (κ1) is 27.1. The molecule has 224 valence electrons. The average Bonchev–Trinajstić information content (AvgIpc) is 3.71. The normalized spacial score (nSPS) is 11.8. The van der Waals surface area contributed by atoms with E-state index in [1.807, 2.05) is 11.3 Å². The molecule has 0 bridgehead atoms. The first-order valence-electron chi connectivity index (χ1n) is 16.2. The first-order valence-corrected chi connectivity index (χ1v) is 17.0. The van der Waals surface area contributed by atoms with Crippen LogP contribution in [-0.4, -0.2) is 14.5 Å². The van der Waals surface area contributed by atoms with Crippen molar-refractivity contribution in [3.8, 4) is 39.5 Å². The third-order valence-corrected chi connectivity index (χ3v) is 10.6. The minimum Gasteiger partial charge on any atom is -0.309 e. The summed E-state index contributed by atoms with van der Waals surface area (Å²) in [5, 5.41) is 6.05. The molecule has 0 spiro atoms. The van der Waals surface area contributed by atoms with Crippen LogP contribution in [0.4, 0.5) is 0 Å². The summed E-state index contributed by atoms with van der Waals surface area (Å²) in [5.74, 6) is 0.729. The number of aromatic nitrogens is 3. The SMILES string of the molecule is c1ccc(-c2nc(-c3cccc(-c4cccc5c4c4ccccc4n5-c4ccccc4)c3)nc3c2ccc2c4ccccc4sc23)cc1. The van der Waals surface area contributed by atoms with Crippen LogP contribution < -0.4 is 0 Å². The van der Waals surface area contributed by atoms with Crippen LogP contribution in [0.3, 0.4) is 0 Å². The zero-order chi connectivity index (χ0) is 31.6. The fourth-order valence-corrected chi connectivity index (χ4v) is 8.45. The molecular weight excluding hydrogens is 603 g/mol. The van der Waals surface area contributed by atoms with E-state index in [1.54, 1.807) is 0 Å². The summed E-state index contributed by atoms with van der Waals surface area (Å²) in [4.78, 5) is 10.6. The molecule has 7 aromatic carbocycles. The van der Waals surface area contributed by atoms with Gasteiger partial charge in [-0.3, -0.25) is 0 Å². The number of fused-ring (bicyclic) bond motifs is 8. The van der Waals surface area contributed by atoms with E-state index in [4.69, 9.17) is 9.97 Å². The van der Waals surface area contributed by atoms with Gasteiger partial charge in [-0.05, 0) is 53.6 Å². The van der Waals surface area contributed by atoms with Gasteiger partial charge in [0.1, 0.15) is 0 Å². The van der Waals surface area contributed by atoms with Crippen LogP contribution in [-0.2, 0) is 0 Å². The topological polar surface area (TPSA) is 30.7 Å². The Morgan fingerprint density at radius 3 is 2.00 bits per heavy atom. The highest BCUT2D eigenvalue weighted by molar-refractivity contribution is 7.26. The lowest BCUT2D eigenvalue weighted by Gasteiger charge is -2.12. The summed E-state index contributed by atoms with van der Waals surface area (Å²) >= 11 is 1.81. The van der Waals surface area contributed by atoms with Gasteiger partial charge in [0.05, 0.1) is 26.9 Å². The summed E-state index contributed by atoms with van der Waals surface area (Å²) < 4.78 is 4.84. The minimum atomic E-state index is 0.729. The van der Waals surface area contributed by atoms with Gasteiger partial charge in [-0.25, -0.2) is 9.97 Å². The van der Waals surface area contributed by atoms with Crippen LogP contribution in [0.1, 0.15) is 0 Å². The van der Waals surface area contributed by atoms with E-state index in [0.29, 0.717) is 0 Å². The van der Waals surface area contributed by atoms with E-state index in [-0.39, 0.29) is 0 Å². The van der Waals surface area contributed by atoms with Crippen molar-refractivity contribution in [2.45, 2.75) is 0 Å². The van der Waals surface area contributed by atoms with Crippen LogP contribution in [0.15, 0.2) is 164 Å². The highest BCUT2D eigenvalue weighted by Gasteiger charge is 2.19. The molecule has 0 atom stereocenters. The van der Waals surface area contributed by atoms with Gasteiger partial charge in [0.25, 0.3) is 0 Å². The van der Waals surface area contributed by atoms with Crippen molar-refractivity contribution >= 4 is 64.2 Å². The van der Waals surface area contributed by atoms with Crippen LogP contribution in [0.2, 0.25) is 0 Å². The first-order chi connectivity index (χ1) is 23.8. The van der Waals surface area contributed by atoms with Crippen molar-refractivity contribution in [2.75, 3.05) is 0 Å². The quantitative estimate of drug-likeness (QED) is 0.194. The predicted octanol–water partition coefficient (Wildman–Crippen LogP) is 12.1. The van der Waals surface area contributed by atoms with Crippen molar-refractivity contribution in [2.24, 2.45) is 0 Å². The fourth-order valence-electron chi connectivity index (χ4n) is 7.26. The third kappa shape index (κ3) is 4.13. The molecule has 10 aromatic rings. The van der Waals surface area contributed by atoms with E-state index in [1.165, 1.54) is 47.5 Å². The van der Waals surface area contributed by atoms with Gasteiger partial charge >= 0.3 is 0 Å². The predicted molar refractivity (Wildman–Crippen MR) is 203 cm³/mol. The molecule has 0 unspecified atom stereocenters. The molecule has 3 nitrogen and oxygen atoms in total. The number of hydrogen-bond acceptors (Lipinski definition) is 3. The Morgan fingerprint density at radius 1 is 0.458 bits per heavy atom. The van der Waals surface area contributed by atoms with E-state index < -0.39 is 0 Å². The highest BCUT2D eigenvalue weighted by Crippen LogP contribution is 2.42. The van der Waals surface area contributed by atoms with E-state index in [0.717, 1.165) is 44.8 Å². The van der Waals surface area contributed by atoms with Gasteiger partial charge in [0, 0.05) is 48.4 Å². The molecule has 0 saturated heterocycles. The lowest BCUT2D eigenvalue weighted by molar-refractivity contribution is 1.18. The molecule has 0 saturated carbocycles. The average molecular weight is 630 g/mol. The molecule has 0 amide bonds. The summed E-state index contributed by atoms with van der Waals surface area (Å²) in [6.07, 6.45) is 0. The summed E-state index contributed by atoms with van der Waals surface area (Å²) in [6.45, 7) is 0. The van der Waals surface area contributed by atoms with Crippen LogP contribution in [0.25, 0.3) is 92.3 Å². The minimum absolute atomic E-state index is 0.729. The number of para-hydroxylation sites is 2. The summed E-state index contributed by atoms with van der Waals surface area (Å²) in [7, 11) is 0. The van der Waals surface area contributed by atoms with Crippen molar-refractivity contribution in [1.29, 1.82) is 0 Å². The van der Waals surface area contributed by atoms with Gasteiger partial charge in [-0.15, -0.1) is 11.3 Å². The largest absolute Gasteiger partial charge is 0.309 e. The Labute approximate surface area is 281 Å². The molecule has 0 aliphatic carbocycles. The molecule has 0 radical (unpaired) electrons. The standard InChI is InChI=1S/C44H27N3S/c1-3-13-28(14-4-1)41-36-26-25-34-33-19-8-10-24-39(33)48-43(34)42(36)46-44(45-41)30-16-11-15-29(27-30)32-21-12-23-38-40(32)35-20-7-9-22-37(35)47(38)31-17-5-2-6-18-31/h1-27H. The molecule has 0 fully saturated rings. The second-order valence-electron chi connectivity index (χ2n) is 12.2. The second kappa shape index (κ2) is 10.7. The Bertz CT molecular complexity index is 2830. The van der Waals surface area contributed by atoms with Crippen molar-refractivity contribution in [1.82, 2.24) is 14.5 Å². The fraction of sp³-hybridized carbons (Fsp3) is 0. The Balaban J connectivity index is 1.22. The van der Waals surface area contributed by atoms with Crippen molar-refractivity contribution in [3.63, 3.8) is 0 Å². The molecule has 10 rings (SSSR count). The lowest BCUT2D eigenvalue weighted by Crippen LogP contribution is -1.96. The number of benzene rings is 7. The molecule has 48 heavy (non-hydrogen) atoms. The zero-order valence-electron chi connectivity index (χ0n) is 25.8. The number of nitrogens with zero attached hydrogens (tertiary/aromatic N) is 3. The molecule has 0 aliphatic heterocycles. The maximum atomic E-state index is 5.34. The molecule has 0 aliphatic rings. The lowest BCUT2D eigenvalue weighted by atomic mass is 9.97. The van der Waals surface area contributed by atoms with Gasteiger partial charge in [0.2, 0.25) is 0 Å². The maximum absolute atomic E-state index is 5.34. The van der Waals surface area contributed by atoms with E-state index >= 15 is 0 Å². The van der Waals surface area contributed by atoms with Crippen LogP contribution >= 0.6 is 11.3 Å². The molecule has 3 aromatic heterocycles. The van der Waals surface area contributed by atoms with Crippen LogP contribution in [0.5, 0.6) is 0 Å². The maximum Gasteiger partial charge on any atom is 0.160 e. The molecule has 3 heterocycles. The molecular formula is C44H27N3S. The third-order valence-electron chi connectivity index (χ3n) is 9.40. The van der Waals surface area contributed by atoms with Gasteiger partial charge in [0.15, 0.2) is 5.82 Å². The molecule has 4 heteroatoms. The number of thiophene rings is 1. The number of hydrogen-bond donors (Lipinski definition) is 0. The van der Waals surface area contributed by atoms with Crippen molar-refractivity contribution in [3.05, 3.63) is 164 Å². The second-order valence-corrected chi connectivity index (χ2v) is 13.2. The van der Waals surface area contributed by atoms with Gasteiger partial charge < -0.3 is 4.57 Å². The van der Waals surface area contributed by atoms with Crippen molar-refractivity contribution < 1.29 is 0 Å².